The highest BCUT2D eigenvalue weighted by molar-refractivity contribution is 5.89. The molecule has 1 unspecified atom stereocenters. The van der Waals surface area contributed by atoms with Crippen molar-refractivity contribution in [3.8, 4) is 17.1 Å². The van der Waals surface area contributed by atoms with Gasteiger partial charge in [-0.2, -0.15) is 0 Å². The first kappa shape index (κ1) is 17.0. The summed E-state index contributed by atoms with van der Waals surface area (Å²) in [6, 6.07) is 7.48. The van der Waals surface area contributed by atoms with E-state index in [1.165, 1.54) is 0 Å². The molecule has 0 amide bonds. The van der Waals surface area contributed by atoms with E-state index in [-0.39, 0.29) is 6.10 Å². The van der Waals surface area contributed by atoms with Crippen LogP contribution in [0.4, 0.5) is 0 Å². The molecule has 0 saturated carbocycles. The average molecular weight is 318 g/mol. The van der Waals surface area contributed by atoms with Gasteiger partial charge in [0.2, 0.25) is 0 Å². The Balaban J connectivity index is 2.09. The molecule has 0 spiro atoms. The van der Waals surface area contributed by atoms with Gasteiger partial charge in [-0.3, -0.25) is 0 Å². The first-order chi connectivity index (χ1) is 11.0. The summed E-state index contributed by atoms with van der Waals surface area (Å²) in [5, 5.41) is 0. The Bertz CT molecular complexity index is 666. The van der Waals surface area contributed by atoms with Crippen molar-refractivity contribution in [1.29, 1.82) is 0 Å². The van der Waals surface area contributed by atoms with Crippen molar-refractivity contribution in [3.63, 3.8) is 0 Å². The van der Waals surface area contributed by atoms with Gasteiger partial charge in [-0.05, 0) is 26.0 Å². The van der Waals surface area contributed by atoms with Crippen LogP contribution < -0.4 is 4.74 Å². The van der Waals surface area contributed by atoms with E-state index in [0.717, 1.165) is 11.3 Å². The molecule has 1 aromatic carbocycles. The Morgan fingerprint density at radius 3 is 2.83 bits per heavy atom. The molecule has 1 atom stereocenters. The predicted octanol–water partition coefficient (Wildman–Crippen LogP) is 2.98. The minimum Gasteiger partial charge on any atom is -0.497 e. The van der Waals surface area contributed by atoms with Gasteiger partial charge in [0, 0.05) is 24.8 Å². The summed E-state index contributed by atoms with van der Waals surface area (Å²) >= 11 is 0. The second-order valence-corrected chi connectivity index (χ2v) is 5.26. The summed E-state index contributed by atoms with van der Waals surface area (Å²) in [7, 11) is 3.24. The number of H-pyrrole nitrogens is 1. The Labute approximate surface area is 135 Å². The molecule has 1 N–H and O–H groups in total. The Morgan fingerprint density at radius 2 is 2.13 bits per heavy atom. The number of ether oxygens (including phenoxy) is 3. The van der Waals surface area contributed by atoms with Crippen molar-refractivity contribution < 1.29 is 19.0 Å². The number of aryl methyl sites for hydroxylation is 1. The van der Waals surface area contributed by atoms with Crippen LogP contribution in [0.15, 0.2) is 24.3 Å². The zero-order chi connectivity index (χ0) is 16.8. The second kappa shape index (κ2) is 7.78. The third-order valence-corrected chi connectivity index (χ3v) is 3.58. The minimum absolute atomic E-state index is 0.0513. The fourth-order valence-corrected chi connectivity index (χ4v) is 2.07. The van der Waals surface area contributed by atoms with Gasteiger partial charge < -0.3 is 19.2 Å². The van der Waals surface area contributed by atoms with Crippen molar-refractivity contribution in [1.82, 2.24) is 9.97 Å². The molecule has 6 heteroatoms. The summed E-state index contributed by atoms with van der Waals surface area (Å²) in [5.41, 5.74) is 1.82. The van der Waals surface area contributed by atoms with Crippen molar-refractivity contribution in [2.75, 3.05) is 20.8 Å². The van der Waals surface area contributed by atoms with E-state index >= 15 is 0 Å². The summed E-state index contributed by atoms with van der Waals surface area (Å²) in [5.74, 6) is 0.907. The van der Waals surface area contributed by atoms with Crippen molar-refractivity contribution in [2.24, 2.45) is 0 Å². The molecule has 2 aromatic rings. The van der Waals surface area contributed by atoms with Gasteiger partial charge in [0.05, 0.1) is 19.8 Å². The lowest BCUT2D eigenvalue weighted by Gasteiger charge is -2.08. The highest BCUT2D eigenvalue weighted by Gasteiger charge is 2.17. The van der Waals surface area contributed by atoms with Gasteiger partial charge in [0.1, 0.15) is 11.6 Å². The molecule has 23 heavy (non-hydrogen) atoms. The summed E-state index contributed by atoms with van der Waals surface area (Å²) in [4.78, 5) is 19.6. The number of hydrogen-bond donors (Lipinski definition) is 1. The molecule has 0 saturated heterocycles. The molecule has 0 bridgehead atoms. The Morgan fingerprint density at radius 1 is 1.35 bits per heavy atom. The molecular weight excluding hydrogens is 296 g/mol. The molecule has 1 aromatic heterocycles. The molecule has 0 aliphatic carbocycles. The maximum absolute atomic E-state index is 12.1. The van der Waals surface area contributed by atoms with E-state index in [0.29, 0.717) is 30.2 Å². The van der Waals surface area contributed by atoms with Gasteiger partial charge in [-0.15, -0.1) is 0 Å². The van der Waals surface area contributed by atoms with Crippen molar-refractivity contribution in [2.45, 2.75) is 26.4 Å². The highest BCUT2D eigenvalue weighted by atomic mass is 16.5. The number of methoxy groups -OCH3 is 2. The zero-order valence-corrected chi connectivity index (χ0v) is 13.9. The molecule has 0 radical (unpaired) electrons. The van der Waals surface area contributed by atoms with Gasteiger partial charge in [-0.1, -0.05) is 12.1 Å². The van der Waals surface area contributed by atoms with E-state index in [4.69, 9.17) is 14.2 Å². The lowest BCUT2D eigenvalue weighted by molar-refractivity contribution is 0.0385. The number of aromatic nitrogens is 2. The number of carbonyl (C=O) groups is 1. The summed E-state index contributed by atoms with van der Waals surface area (Å²) in [6.45, 7) is 4.02. The number of benzene rings is 1. The number of nitrogens with one attached hydrogen (secondary N) is 1. The fraction of sp³-hybridized carbons (Fsp3) is 0.412. The smallest absolute Gasteiger partial charge is 0.358 e. The van der Waals surface area contributed by atoms with Crippen LogP contribution in [0.3, 0.4) is 0 Å². The van der Waals surface area contributed by atoms with E-state index in [1.54, 1.807) is 21.1 Å². The lowest BCUT2D eigenvalue weighted by atomic mass is 10.2. The maximum Gasteiger partial charge on any atom is 0.358 e. The topological polar surface area (TPSA) is 73.4 Å². The van der Waals surface area contributed by atoms with E-state index in [9.17, 15) is 4.79 Å². The van der Waals surface area contributed by atoms with E-state index < -0.39 is 5.97 Å². The number of nitrogens with zero attached hydrogens (tertiary/aromatic N) is 1. The molecule has 0 aliphatic rings. The highest BCUT2D eigenvalue weighted by Crippen LogP contribution is 2.22. The molecule has 124 valence electrons. The number of esters is 1. The van der Waals surface area contributed by atoms with Crippen LogP contribution in [0, 0.1) is 6.92 Å². The number of imidazole rings is 1. The van der Waals surface area contributed by atoms with Crippen LogP contribution in [0.1, 0.15) is 29.5 Å². The Hall–Kier alpha value is -2.34. The minimum atomic E-state index is -0.434. The monoisotopic (exact) mass is 318 g/mol. The zero-order valence-electron chi connectivity index (χ0n) is 13.9. The third kappa shape index (κ3) is 4.32. The van der Waals surface area contributed by atoms with Crippen LogP contribution >= 0.6 is 0 Å². The van der Waals surface area contributed by atoms with Gasteiger partial charge in [-0.25, -0.2) is 9.78 Å². The maximum atomic E-state index is 12.1. The van der Waals surface area contributed by atoms with Gasteiger partial charge >= 0.3 is 5.97 Å². The van der Waals surface area contributed by atoms with E-state index in [1.807, 2.05) is 31.2 Å². The number of hydrogen-bond acceptors (Lipinski definition) is 5. The molecule has 0 fully saturated rings. The molecule has 1 heterocycles. The first-order valence-electron chi connectivity index (χ1n) is 7.46. The largest absolute Gasteiger partial charge is 0.497 e. The predicted molar refractivity (Wildman–Crippen MR) is 86.7 cm³/mol. The van der Waals surface area contributed by atoms with Crippen molar-refractivity contribution >= 4 is 5.97 Å². The van der Waals surface area contributed by atoms with E-state index in [2.05, 4.69) is 9.97 Å². The number of carbonyl (C=O) groups excluding carboxylic acids is 1. The van der Waals surface area contributed by atoms with Gasteiger partial charge in [0.15, 0.2) is 5.69 Å². The second-order valence-electron chi connectivity index (χ2n) is 5.26. The fourth-order valence-electron chi connectivity index (χ4n) is 2.07. The van der Waals surface area contributed by atoms with Crippen LogP contribution in [-0.2, 0) is 9.47 Å². The SMILES string of the molecule is COc1cccc(-c2nc(C(=O)OCCC(C)OC)c(C)[nH]2)c1. The van der Waals surface area contributed by atoms with Crippen LogP contribution in [0.5, 0.6) is 5.75 Å². The number of aromatic amines is 1. The number of rotatable bonds is 7. The quantitative estimate of drug-likeness (QED) is 0.795. The van der Waals surface area contributed by atoms with Crippen LogP contribution in [0.2, 0.25) is 0 Å². The van der Waals surface area contributed by atoms with Gasteiger partial charge in [0.25, 0.3) is 0 Å². The standard InChI is InChI=1S/C17H22N2O4/c1-11(21-3)8-9-23-17(20)15-12(2)18-16(19-15)13-6-5-7-14(10-13)22-4/h5-7,10-11H,8-9H2,1-4H3,(H,18,19). The molecule has 0 aliphatic heterocycles. The lowest BCUT2D eigenvalue weighted by Crippen LogP contribution is -2.13. The molecule has 6 nitrogen and oxygen atoms in total. The summed E-state index contributed by atoms with van der Waals surface area (Å²) in [6.07, 6.45) is 0.699. The average Bonchev–Trinajstić information content (AvgIpc) is 2.96. The first-order valence-corrected chi connectivity index (χ1v) is 7.46. The molecule has 2 rings (SSSR count). The van der Waals surface area contributed by atoms with Crippen LogP contribution in [0.25, 0.3) is 11.4 Å². The van der Waals surface area contributed by atoms with Crippen molar-refractivity contribution in [3.05, 3.63) is 35.7 Å². The summed E-state index contributed by atoms with van der Waals surface area (Å²) < 4.78 is 15.6. The Kier molecular flexibility index (Phi) is 5.76. The third-order valence-electron chi connectivity index (χ3n) is 3.58. The molecular formula is C17H22N2O4. The normalized spacial score (nSPS) is 12.0. The van der Waals surface area contributed by atoms with Crippen LogP contribution in [-0.4, -0.2) is 42.9 Å².